The Morgan fingerprint density at radius 1 is 1.40 bits per heavy atom. The first-order chi connectivity index (χ1) is 2.27. The highest BCUT2D eigenvalue weighted by molar-refractivity contribution is 14.3. The van der Waals surface area contributed by atoms with E-state index in [9.17, 15) is 0 Å². The lowest BCUT2D eigenvalue weighted by atomic mass is 10.2. The molecule has 0 aliphatic carbocycles. The molecule has 0 aliphatic heterocycles. The molecule has 0 heterocycles. The summed E-state index contributed by atoms with van der Waals surface area (Å²) < 4.78 is 2.06. The van der Waals surface area contributed by atoms with Crippen LogP contribution in [-0.4, -0.2) is 6.75 Å². The molecule has 4 heteroatoms. The van der Waals surface area contributed by atoms with Gasteiger partial charge in [0.15, 0.2) is 0 Å². The minimum absolute atomic E-state index is 0.811. The number of hydrogen-bond donors (Lipinski definition) is 0. The second kappa shape index (κ2) is 4.41. The van der Waals surface area contributed by atoms with Crippen LogP contribution in [-0.2, 0) is 0 Å². The third kappa shape index (κ3) is 6.25. The molecule has 0 radical (unpaired) electrons. The third-order valence-electron chi connectivity index (χ3n) is 0.117. The molecule has 0 unspecified atom stereocenters. The fourth-order valence-corrected chi connectivity index (χ4v) is 0. The normalized spacial score (nSPS) is 7.80. The monoisotopic (exact) mass is 406 g/mol. The SMILES string of the molecule is ICB(I)I. The topological polar surface area (TPSA) is 0 Å². The molecule has 0 saturated heterocycles. The van der Waals surface area contributed by atoms with E-state index in [1.165, 1.54) is 4.33 Å². The smallest absolute Gasteiger partial charge is 0.133 e. The van der Waals surface area contributed by atoms with Gasteiger partial charge in [0.2, 0.25) is 0 Å². The van der Waals surface area contributed by atoms with Gasteiger partial charge in [-0.05, 0) is 4.33 Å². The molecule has 5 heavy (non-hydrogen) atoms. The van der Waals surface area contributed by atoms with Crippen molar-refractivity contribution in [3.05, 3.63) is 0 Å². The molecular weight excluding hydrogens is 404 g/mol. The highest BCUT2D eigenvalue weighted by Crippen LogP contribution is 2.05. The lowest BCUT2D eigenvalue weighted by molar-refractivity contribution is 2.36. The van der Waals surface area contributed by atoms with Crippen LogP contribution in [0.25, 0.3) is 0 Å². The molecule has 0 aliphatic rings. The van der Waals surface area contributed by atoms with Gasteiger partial charge >= 0.3 is 0 Å². The predicted octanol–water partition coefficient (Wildman–Crippen LogP) is 2.32. The molecule has 0 N–H and O–H groups in total. The zero-order valence-electron chi connectivity index (χ0n) is 2.42. The van der Waals surface area contributed by atoms with E-state index in [0.29, 0.717) is 0 Å². The fraction of sp³-hybridized carbons (Fsp3) is 1.00. The Morgan fingerprint density at radius 2 is 1.60 bits per heavy atom. The van der Waals surface area contributed by atoms with Gasteiger partial charge in [-0.1, -0.05) is 22.6 Å². The Labute approximate surface area is 72.8 Å². The Kier molecular flexibility index (Phi) is 6.41. The minimum atomic E-state index is 0.811. The molecule has 0 amide bonds. The summed E-state index contributed by atoms with van der Waals surface area (Å²) in [5.74, 6) is 0. The lowest BCUT2D eigenvalue weighted by Gasteiger charge is -1.77. The summed E-state index contributed by atoms with van der Waals surface area (Å²) in [7, 11) is 0. The number of halogens is 3. The average Bonchev–Trinajstić information content (AvgIpc) is 1.38. The summed E-state index contributed by atoms with van der Waals surface area (Å²) in [5.41, 5.74) is 0. The van der Waals surface area contributed by atoms with E-state index in [1.807, 2.05) is 0 Å². The zero-order chi connectivity index (χ0) is 4.28. The Morgan fingerprint density at radius 3 is 1.60 bits per heavy atom. The van der Waals surface area contributed by atoms with Crippen LogP contribution in [0.4, 0.5) is 0 Å². The van der Waals surface area contributed by atoms with Crippen LogP contribution in [0.3, 0.4) is 0 Å². The van der Waals surface area contributed by atoms with Crippen molar-refractivity contribution in [2.45, 2.75) is 0 Å². The molecule has 0 fully saturated rings. The molecule has 0 aromatic heterocycles. The van der Waals surface area contributed by atoms with Gasteiger partial charge in [-0.25, -0.2) is 0 Å². The van der Waals surface area contributed by atoms with Crippen molar-refractivity contribution in [1.82, 2.24) is 0 Å². The van der Waals surface area contributed by atoms with Crippen molar-refractivity contribution in [2.24, 2.45) is 0 Å². The van der Waals surface area contributed by atoms with Crippen LogP contribution in [0, 0.1) is 0 Å². The first-order valence-corrected chi connectivity index (χ1v) is 5.13. The van der Waals surface area contributed by atoms with Gasteiger partial charge in [0.05, 0.1) is 0 Å². The first kappa shape index (κ1) is 7.25. The molecule has 0 nitrogen and oxygen atoms in total. The van der Waals surface area contributed by atoms with Gasteiger partial charge < -0.3 is 0 Å². The second-order valence-corrected chi connectivity index (χ2v) is 6.82. The maximum atomic E-state index is 2.39. The van der Waals surface area contributed by atoms with Crippen molar-refractivity contribution < 1.29 is 0 Å². The third-order valence-corrected chi connectivity index (χ3v) is 5.25. The summed E-state index contributed by atoms with van der Waals surface area (Å²) in [5, 5.41) is 0. The van der Waals surface area contributed by atoms with E-state index < -0.39 is 0 Å². The number of alkyl halides is 1. The number of hydrogen-bond acceptors (Lipinski definition) is 0. The standard InChI is InChI=1S/CH2BI3/c3-1-2(4)5/h1H2. The molecule has 30 valence electrons. The fourth-order valence-electron chi connectivity index (χ4n) is 0. The maximum Gasteiger partial charge on any atom is 0.298 e. The van der Waals surface area contributed by atoms with Crippen molar-refractivity contribution in [3.8, 4) is 0 Å². The quantitative estimate of drug-likeness (QED) is 0.357. The predicted molar refractivity (Wildman–Crippen MR) is 52.7 cm³/mol. The highest BCUT2D eigenvalue weighted by Gasteiger charge is 1.95. The summed E-state index contributed by atoms with van der Waals surface area (Å²) in [6.45, 7) is 0. The summed E-state index contributed by atoms with van der Waals surface area (Å²) in [6, 6.07) is 0. The van der Waals surface area contributed by atoms with Gasteiger partial charge in [0.25, 0.3) is 2.43 Å². The molecule has 0 aromatic rings. The van der Waals surface area contributed by atoms with E-state index in [0.717, 1.165) is 2.43 Å². The van der Waals surface area contributed by atoms with E-state index in [2.05, 4.69) is 67.3 Å². The van der Waals surface area contributed by atoms with E-state index in [-0.39, 0.29) is 0 Å². The van der Waals surface area contributed by atoms with E-state index in [1.54, 1.807) is 0 Å². The largest absolute Gasteiger partial charge is 0.298 e. The van der Waals surface area contributed by atoms with Gasteiger partial charge in [-0.15, -0.1) is 44.7 Å². The van der Waals surface area contributed by atoms with Crippen molar-refractivity contribution >= 4 is 69.8 Å². The van der Waals surface area contributed by atoms with Crippen LogP contribution < -0.4 is 0 Å². The van der Waals surface area contributed by atoms with Crippen LogP contribution >= 0.6 is 67.3 Å². The van der Waals surface area contributed by atoms with Gasteiger partial charge in [-0.2, -0.15) is 0 Å². The number of rotatable bonds is 1. The molecule has 0 saturated carbocycles. The Hall–Kier alpha value is 2.25. The molecular formula is CH2BI3. The van der Waals surface area contributed by atoms with E-state index >= 15 is 0 Å². The van der Waals surface area contributed by atoms with Crippen LogP contribution in [0.2, 0.25) is 0 Å². The van der Waals surface area contributed by atoms with Gasteiger partial charge in [0, 0.05) is 0 Å². The summed E-state index contributed by atoms with van der Waals surface area (Å²) in [4.78, 5) is 0. The Balaban J connectivity index is 2.54. The molecule has 0 spiro atoms. The summed E-state index contributed by atoms with van der Waals surface area (Å²) >= 11 is 7.13. The average molecular weight is 406 g/mol. The van der Waals surface area contributed by atoms with Crippen LogP contribution in [0.15, 0.2) is 0 Å². The highest BCUT2D eigenvalue weighted by atomic mass is 127. The van der Waals surface area contributed by atoms with Crippen molar-refractivity contribution in [1.29, 1.82) is 0 Å². The second-order valence-electron chi connectivity index (χ2n) is 0.545. The molecule has 0 atom stereocenters. The van der Waals surface area contributed by atoms with Gasteiger partial charge in [-0.3, -0.25) is 0 Å². The maximum absolute atomic E-state index is 2.39. The lowest BCUT2D eigenvalue weighted by Crippen LogP contribution is -1.87. The Bertz CT molecular complexity index is 20.9. The summed E-state index contributed by atoms with van der Waals surface area (Å²) in [6.07, 6.45) is 0. The molecule has 0 rings (SSSR count). The zero-order valence-corrected chi connectivity index (χ0v) is 8.89. The van der Waals surface area contributed by atoms with E-state index in [4.69, 9.17) is 0 Å². The van der Waals surface area contributed by atoms with Crippen molar-refractivity contribution in [2.75, 3.05) is 4.33 Å². The molecule has 0 bridgehead atoms. The molecule has 0 aromatic carbocycles. The first-order valence-electron chi connectivity index (χ1n) is 1.11. The van der Waals surface area contributed by atoms with Crippen LogP contribution in [0.1, 0.15) is 0 Å². The minimum Gasteiger partial charge on any atom is -0.133 e. The van der Waals surface area contributed by atoms with Crippen LogP contribution in [0.5, 0.6) is 0 Å². The van der Waals surface area contributed by atoms with Gasteiger partial charge in [0.1, 0.15) is 0 Å². The van der Waals surface area contributed by atoms with Crippen molar-refractivity contribution in [3.63, 3.8) is 0 Å².